The van der Waals surface area contributed by atoms with Crippen LogP contribution >= 0.6 is 0 Å². The summed E-state index contributed by atoms with van der Waals surface area (Å²) in [4.78, 5) is 34.9. The maximum atomic E-state index is 12.3. The number of aromatic nitrogens is 4. The largest absolute Gasteiger partial charge is 0.497 e. The third-order valence-corrected chi connectivity index (χ3v) is 5.23. The van der Waals surface area contributed by atoms with Crippen LogP contribution in [0.15, 0.2) is 46.0 Å². The number of fused-ring (bicyclic) bond motifs is 2. The molecule has 0 aromatic heterocycles. The number of benzene rings is 2. The minimum absolute atomic E-state index is 0.185. The van der Waals surface area contributed by atoms with E-state index in [2.05, 4.69) is 15.0 Å². The van der Waals surface area contributed by atoms with Gasteiger partial charge in [-0.3, -0.25) is 9.78 Å². The van der Waals surface area contributed by atoms with E-state index in [1.807, 2.05) is 54.8 Å². The van der Waals surface area contributed by atoms with Gasteiger partial charge in [-0.15, -0.1) is 0 Å². The SMILES string of the molecule is COc1ccc(CCCn2c3nc(=O)[nH]c(=O)c-3nc3cc(C)c(C)cc32)cc1. The van der Waals surface area contributed by atoms with Gasteiger partial charge in [0.15, 0.2) is 11.5 Å². The third-order valence-electron chi connectivity index (χ3n) is 5.23. The summed E-state index contributed by atoms with van der Waals surface area (Å²) in [5.41, 5.74) is 4.01. The molecule has 0 saturated carbocycles. The number of H-pyrrole nitrogens is 1. The van der Waals surface area contributed by atoms with Crippen LogP contribution < -0.4 is 16.0 Å². The number of nitrogens with zero attached hydrogens (tertiary/aromatic N) is 3. The number of nitrogens with one attached hydrogen (secondary N) is 1. The quantitative estimate of drug-likeness (QED) is 0.529. The van der Waals surface area contributed by atoms with Crippen molar-refractivity contribution in [2.24, 2.45) is 0 Å². The minimum atomic E-state index is -0.656. The molecule has 2 heterocycles. The zero-order chi connectivity index (χ0) is 20.5. The highest BCUT2D eigenvalue weighted by molar-refractivity contribution is 5.81. The molecule has 0 saturated heterocycles. The summed E-state index contributed by atoms with van der Waals surface area (Å²) in [5.74, 6) is 1.15. The fraction of sp³-hybridized carbons (Fsp3) is 0.273. The lowest BCUT2D eigenvalue weighted by atomic mass is 10.1. The summed E-state index contributed by atoms with van der Waals surface area (Å²) < 4.78 is 7.14. The Morgan fingerprint density at radius 3 is 2.48 bits per heavy atom. The van der Waals surface area contributed by atoms with Crippen molar-refractivity contribution in [1.82, 2.24) is 19.5 Å². The van der Waals surface area contributed by atoms with Crippen molar-refractivity contribution in [3.05, 3.63) is 73.9 Å². The summed E-state index contributed by atoms with van der Waals surface area (Å²) >= 11 is 0. The number of hydrogen-bond acceptors (Lipinski definition) is 5. The summed E-state index contributed by atoms with van der Waals surface area (Å²) in [6, 6.07) is 12.0. The number of methoxy groups -OCH3 is 1. The highest BCUT2D eigenvalue weighted by atomic mass is 16.5. The van der Waals surface area contributed by atoms with Gasteiger partial charge in [0, 0.05) is 6.54 Å². The average molecular weight is 390 g/mol. The van der Waals surface area contributed by atoms with Gasteiger partial charge < -0.3 is 9.30 Å². The Bertz CT molecular complexity index is 1270. The Kier molecular flexibility index (Phi) is 4.88. The van der Waals surface area contributed by atoms with E-state index in [-0.39, 0.29) is 5.69 Å². The van der Waals surface area contributed by atoms with Crippen molar-refractivity contribution in [3.8, 4) is 17.3 Å². The highest BCUT2D eigenvalue weighted by Crippen LogP contribution is 2.24. The minimum Gasteiger partial charge on any atom is -0.497 e. The number of aromatic amines is 1. The highest BCUT2D eigenvalue weighted by Gasteiger charge is 2.19. The normalized spacial score (nSPS) is 11.3. The maximum absolute atomic E-state index is 12.3. The Balaban J connectivity index is 1.76. The lowest BCUT2D eigenvalue weighted by Gasteiger charge is -2.17. The molecule has 148 valence electrons. The smallest absolute Gasteiger partial charge is 0.349 e. The first-order valence-electron chi connectivity index (χ1n) is 9.51. The molecule has 0 fully saturated rings. The number of aryl methyl sites for hydroxylation is 4. The van der Waals surface area contributed by atoms with E-state index in [4.69, 9.17) is 4.74 Å². The fourth-order valence-corrected chi connectivity index (χ4v) is 3.51. The van der Waals surface area contributed by atoms with Gasteiger partial charge in [-0.1, -0.05) is 12.1 Å². The van der Waals surface area contributed by atoms with Gasteiger partial charge in [0.1, 0.15) is 5.75 Å². The van der Waals surface area contributed by atoms with Crippen molar-refractivity contribution in [3.63, 3.8) is 0 Å². The molecule has 7 heteroatoms. The average Bonchev–Trinajstić information content (AvgIpc) is 2.70. The molecule has 0 atom stereocenters. The van der Waals surface area contributed by atoms with Gasteiger partial charge in [0.25, 0.3) is 5.56 Å². The fourth-order valence-electron chi connectivity index (χ4n) is 3.51. The number of ether oxygens (including phenoxy) is 1. The first-order valence-corrected chi connectivity index (χ1v) is 9.51. The summed E-state index contributed by atoms with van der Waals surface area (Å²) in [6.45, 7) is 4.66. The predicted octanol–water partition coefficient (Wildman–Crippen LogP) is 2.84. The van der Waals surface area contributed by atoms with Crippen LogP contribution in [0.4, 0.5) is 0 Å². The van der Waals surface area contributed by atoms with Gasteiger partial charge >= 0.3 is 5.69 Å². The first-order chi connectivity index (χ1) is 14.0. The molecule has 0 amide bonds. The van der Waals surface area contributed by atoms with E-state index in [1.165, 1.54) is 5.56 Å². The standard InChI is InChI=1S/C22H22N4O3/c1-13-11-17-18(12-14(13)2)26(20-19(23-17)21(27)25-22(28)24-20)10-4-5-15-6-8-16(29-3)9-7-15/h6-9,11-12H,4-5,10H2,1-3H3,(H,25,27,28). The monoisotopic (exact) mass is 390 g/mol. The van der Waals surface area contributed by atoms with Crippen molar-refractivity contribution >= 4 is 11.0 Å². The molecular formula is C22H22N4O3. The number of hydrogen-bond donors (Lipinski definition) is 1. The summed E-state index contributed by atoms with van der Waals surface area (Å²) in [7, 11) is 1.65. The zero-order valence-electron chi connectivity index (χ0n) is 16.7. The molecule has 2 aliphatic heterocycles. The molecule has 2 aliphatic rings. The van der Waals surface area contributed by atoms with E-state index >= 15 is 0 Å². The lowest BCUT2D eigenvalue weighted by Crippen LogP contribution is -2.29. The molecule has 1 N–H and O–H groups in total. The van der Waals surface area contributed by atoms with E-state index in [0.29, 0.717) is 12.4 Å². The van der Waals surface area contributed by atoms with E-state index in [0.717, 1.165) is 40.8 Å². The van der Waals surface area contributed by atoms with Crippen LogP contribution in [0.5, 0.6) is 5.75 Å². The van der Waals surface area contributed by atoms with Crippen LogP contribution in [0, 0.1) is 13.8 Å². The molecule has 29 heavy (non-hydrogen) atoms. The number of rotatable bonds is 5. The Morgan fingerprint density at radius 2 is 1.76 bits per heavy atom. The second kappa shape index (κ2) is 7.50. The zero-order valence-corrected chi connectivity index (χ0v) is 16.7. The third kappa shape index (κ3) is 3.63. The first kappa shape index (κ1) is 18.9. The molecule has 7 nitrogen and oxygen atoms in total. The molecule has 0 bridgehead atoms. The van der Waals surface area contributed by atoms with Gasteiger partial charge in [-0.05, 0) is 67.6 Å². The van der Waals surface area contributed by atoms with Crippen molar-refractivity contribution in [1.29, 1.82) is 0 Å². The van der Waals surface area contributed by atoms with Crippen LogP contribution in [0.3, 0.4) is 0 Å². The summed E-state index contributed by atoms with van der Waals surface area (Å²) in [6.07, 6.45) is 1.67. The molecule has 0 spiro atoms. The Hall–Kier alpha value is -3.48. The van der Waals surface area contributed by atoms with Crippen molar-refractivity contribution in [2.75, 3.05) is 7.11 Å². The van der Waals surface area contributed by atoms with E-state index < -0.39 is 11.2 Å². The van der Waals surface area contributed by atoms with E-state index in [9.17, 15) is 9.59 Å². The molecular weight excluding hydrogens is 368 g/mol. The van der Waals surface area contributed by atoms with Gasteiger partial charge in [-0.2, -0.15) is 4.98 Å². The van der Waals surface area contributed by atoms with Crippen molar-refractivity contribution < 1.29 is 4.74 Å². The Labute approximate surface area is 167 Å². The van der Waals surface area contributed by atoms with E-state index in [1.54, 1.807) is 7.11 Å². The van der Waals surface area contributed by atoms with Crippen LogP contribution in [0.2, 0.25) is 0 Å². The molecule has 2 aromatic carbocycles. The second-order valence-electron chi connectivity index (χ2n) is 7.18. The van der Waals surface area contributed by atoms with Crippen LogP contribution in [-0.2, 0) is 13.0 Å². The topological polar surface area (TPSA) is 89.9 Å². The maximum Gasteiger partial charge on any atom is 0.349 e. The molecule has 2 aromatic rings. The summed E-state index contributed by atoms with van der Waals surface area (Å²) in [5, 5.41) is 0. The predicted molar refractivity (Wildman–Crippen MR) is 112 cm³/mol. The van der Waals surface area contributed by atoms with Crippen LogP contribution in [0.1, 0.15) is 23.1 Å². The van der Waals surface area contributed by atoms with Crippen LogP contribution in [0.25, 0.3) is 22.6 Å². The van der Waals surface area contributed by atoms with Gasteiger partial charge in [-0.25, -0.2) is 9.78 Å². The molecule has 0 radical (unpaired) electrons. The van der Waals surface area contributed by atoms with Crippen LogP contribution in [-0.4, -0.2) is 26.6 Å². The molecule has 0 unspecified atom stereocenters. The second-order valence-corrected chi connectivity index (χ2v) is 7.18. The molecule has 0 aliphatic carbocycles. The lowest BCUT2D eigenvalue weighted by molar-refractivity contribution is 0.414. The van der Waals surface area contributed by atoms with Crippen molar-refractivity contribution in [2.45, 2.75) is 33.2 Å². The van der Waals surface area contributed by atoms with Gasteiger partial charge in [0.05, 0.1) is 18.1 Å². The Morgan fingerprint density at radius 1 is 1.03 bits per heavy atom. The molecule has 4 rings (SSSR count). The van der Waals surface area contributed by atoms with Gasteiger partial charge in [0.2, 0.25) is 0 Å².